The standard InChI is InChI=1S/C12H12ClN5O/c1-15-18-12(16-6-19)9-5-7-3-2-4-8(13)10(7)11(14)17-9/h2-6,15H,1H3,(H2,14,17)(H,16,18,19). The molecule has 0 aliphatic heterocycles. The summed E-state index contributed by atoms with van der Waals surface area (Å²) in [5.74, 6) is 0.570. The Balaban J connectivity index is 2.63. The van der Waals surface area contributed by atoms with Gasteiger partial charge in [0.15, 0.2) is 5.84 Å². The summed E-state index contributed by atoms with van der Waals surface area (Å²) >= 11 is 6.08. The maximum atomic E-state index is 10.6. The van der Waals surface area contributed by atoms with Crippen molar-refractivity contribution in [3.8, 4) is 0 Å². The van der Waals surface area contributed by atoms with E-state index in [1.807, 2.05) is 12.1 Å². The predicted molar refractivity (Wildman–Crippen MR) is 76.0 cm³/mol. The SMILES string of the molecule is CN/N=C(\NC=O)c1cc2cccc(Cl)c2c(N)n1. The Hall–Kier alpha value is -2.34. The summed E-state index contributed by atoms with van der Waals surface area (Å²) in [6, 6.07) is 7.18. The zero-order valence-corrected chi connectivity index (χ0v) is 10.9. The summed E-state index contributed by atoms with van der Waals surface area (Å²) in [6.07, 6.45) is 0.524. The molecule has 0 spiro atoms. The van der Waals surface area contributed by atoms with Crippen molar-refractivity contribution < 1.29 is 4.79 Å². The van der Waals surface area contributed by atoms with Crippen LogP contribution in [0.15, 0.2) is 29.4 Å². The van der Waals surface area contributed by atoms with Gasteiger partial charge in [-0.2, -0.15) is 5.10 Å². The van der Waals surface area contributed by atoms with E-state index in [1.165, 1.54) is 0 Å². The number of halogens is 1. The van der Waals surface area contributed by atoms with Crippen LogP contribution in [0.2, 0.25) is 5.02 Å². The fraction of sp³-hybridized carbons (Fsp3) is 0.0833. The van der Waals surface area contributed by atoms with Gasteiger partial charge in [0.25, 0.3) is 0 Å². The van der Waals surface area contributed by atoms with Crippen LogP contribution in [0.1, 0.15) is 5.69 Å². The summed E-state index contributed by atoms with van der Waals surface area (Å²) < 4.78 is 0. The number of nitrogen functional groups attached to an aromatic ring is 1. The zero-order chi connectivity index (χ0) is 13.8. The van der Waals surface area contributed by atoms with Crippen LogP contribution in [0.25, 0.3) is 10.8 Å². The molecule has 0 saturated heterocycles. The normalized spacial score (nSPS) is 11.4. The number of anilines is 1. The Labute approximate surface area is 114 Å². The number of amidine groups is 1. The predicted octanol–water partition coefficient (Wildman–Crippen LogP) is 1.10. The second kappa shape index (κ2) is 5.53. The average molecular weight is 278 g/mol. The second-order valence-corrected chi connectivity index (χ2v) is 4.08. The summed E-state index contributed by atoms with van der Waals surface area (Å²) in [5.41, 5.74) is 8.94. The van der Waals surface area contributed by atoms with Gasteiger partial charge in [0.2, 0.25) is 6.41 Å². The van der Waals surface area contributed by atoms with Crippen molar-refractivity contribution in [3.63, 3.8) is 0 Å². The fourth-order valence-electron chi connectivity index (χ4n) is 1.75. The highest BCUT2D eigenvalue weighted by atomic mass is 35.5. The number of amides is 1. The second-order valence-electron chi connectivity index (χ2n) is 3.68. The molecule has 7 heteroatoms. The molecule has 1 aromatic heterocycles. The number of fused-ring (bicyclic) bond motifs is 1. The van der Waals surface area contributed by atoms with Gasteiger partial charge in [-0.1, -0.05) is 23.7 Å². The maximum absolute atomic E-state index is 10.6. The van der Waals surface area contributed by atoms with E-state index in [9.17, 15) is 4.79 Å². The maximum Gasteiger partial charge on any atom is 0.212 e. The van der Waals surface area contributed by atoms with Gasteiger partial charge in [-0.25, -0.2) is 4.98 Å². The van der Waals surface area contributed by atoms with Crippen molar-refractivity contribution in [2.75, 3.05) is 12.8 Å². The molecule has 0 bridgehead atoms. The number of hydrazone groups is 1. The lowest BCUT2D eigenvalue weighted by molar-refractivity contribution is -0.108. The van der Waals surface area contributed by atoms with Crippen molar-refractivity contribution in [3.05, 3.63) is 35.0 Å². The number of benzene rings is 1. The molecule has 2 aromatic rings. The van der Waals surface area contributed by atoms with Gasteiger partial charge in [0.1, 0.15) is 11.5 Å². The summed E-state index contributed by atoms with van der Waals surface area (Å²) in [4.78, 5) is 14.8. The average Bonchev–Trinajstić information content (AvgIpc) is 2.38. The van der Waals surface area contributed by atoms with E-state index < -0.39 is 0 Å². The molecule has 1 aromatic carbocycles. The molecule has 6 nitrogen and oxygen atoms in total. The molecule has 4 N–H and O–H groups in total. The molecule has 0 atom stereocenters. The molecule has 0 aliphatic carbocycles. The molecule has 1 heterocycles. The molecule has 0 unspecified atom stereocenters. The van der Waals surface area contributed by atoms with Crippen LogP contribution in [0.5, 0.6) is 0 Å². The molecule has 19 heavy (non-hydrogen) atoms. The zero-order valence-electron chi connectivity index (χ0n) is 10.1. The minimum absolute atomic E-state index is 0.283. The Morgan fingerprint density at radius 2 is 2.32 bits per heavy atom. The van der Waals surface area contributed by atoms with E-state index in [4.69, 9.17) is 17.3 Å². The van der Waals surface area contributed by atoms with Crippen molar-refractivity contribution in [2.45, 2.75) is 0 Å². The first kappa shape index (κ1) is 13.1. The van der Waals surface area contributed by atoms with Gasteiger partial charge in [-0.15, -0.1) is 0 Å². The summed E-state index contributed by atoms with van der Waals surface area (Å²) in [6.45, 7) is 0. The summed E-state index contributed by atoms with van der Waals surface area (Å²) in [5, 5.41) is 8.43. The number of nitrogens with one attached hydrogen (secondary N) is 2. The third kappa shape index (κ3) is 2.58. The van der Waals surface area contributed by atoms with Gasteiger partial charge in [-0.3, -0.25) is 4.79 Å². The Kier molecular flexibility index (Phi) is 3.82. The van der Waals surface area contributed by atoms with Crippen LogP contribution in [-0.4, -0.2) is 24.3 Å². The number of nitrogens with zero attached hydrogens (tertiary/aromatic N) is 2. The van der Waals surface area contributed by atoms with Gasteiger partial charge in [-0.05, 0) is 17.5 Å². The first-order valence-corrected chi connectivity index (χ1v) is 5.85. The molecule has 0 fully saturated rings. The number of aromatic nitrogens is 1. The largest absolute Gasteiger partial charge is 0.383 e. The summed E-state index contributed by atoms with van der Waals surface area (Å²) in [7, 11) is 1.62. The molecule has 0 aliphatic rings. The number of hydrogen-bond acceptors (Lipinski definition) is 5. The lowest BCUT2D eigenvalue weighted by Crippen LogP contribution is -2.26. The monoisotopic (exact) mass is 277 g/mol. The topological polar surface area (TPSA) is 92.4 Å². The molecule has 2 rings (SSSR count). The highest BCUT2D eigenvalue weighted by Gasteiger charge is 2.10. The number of hydrogen-bond donors (Lipinski definition) is 3. The molecule has 0 saturated carbocycles. The van der Waals surface area contributed by atoms with Crippen LogP contribution in [0, 0.1) is 0 Å². The quantitative estimate of drug-likeness (QED) is 0.339. The van der Waals surface area contributed by atoms with E-state index >= 15 is 0 Å². The van der Waals surface area contributed by atoms with E-state index in [0.29, 0.717) is 22.5 Å². The lowest BCUT2D eigenvalue weighted by atomic mass is 10.1. The molecule has 1 amide bonds. The molecule has 0 radical (unpaired) electrons. The van der Waals surface area contributed by atoms with Crippen LogP contribution in [0.4, 0.5) is 5.82 Å². The van der Waals surface area contributed by atoms with Crippen molar-refractivity contribution in [1.29, 1.82) is 0 Å². The van der Waals surface area contributed by atoms with Gasteiger partial charge in [0, 0.05) is 12.4 Å². The molecular weight excluding hydrogens is 266 g/mol. The number of pyridine rings is 1. The van der Waals surface area contributed by atoms with Crippen molar-refractivity contribution >= 4 is 40.4 Å². The lowest BCUT2D eigenvalue weighted by Gasteiger charge is -2.08. The van der Waals surface area contributed by atoms with E-state index in [1.54, 1.807) is 19.2 Å². The number of carbonyl (C=O) groups excluding carboxylic acids is 1. The fourth-order valence-corrected chi connectivity index (χ4v) is 2.03. The molecule has 98 valence electrons. The Morgan fingerprint density at radius 3 is 3.00 bits per heavy atom. The van der Waals surface area contributed by atoms with Gasteiger partial charge in [0.05, 0.1) is 5.02 Å². The highest BCUT2D eigenvalue weighted by molar-refractivity contribution is 6.36. The van der Waals surface area contributed by atoms with Crippen molar-refractivity contribution in [1.82, 2.24) is 15.7 Å². The number of rotatable bonds is 3. The third-order valence-corrected chi connectivity index (χ3v) is 2.81. The Morgan fingerprint density at radius 1 is 1.53 bits per heavy atom. The van der Waals surface area contributed by atoms with E-state index in [2.05, 4.69) is 20.8 Å². The minimum Gasteiger partial charge on any atom is -0.383 e. The van der Waals surface area contributed by atoms with E-state index in [0.717, 1.165) is 5.39 Å². The van der Waals surface area contributed by atoms with Crippen LogP contribution >= 0.6 is 11.6 Å². The van der Waals surface area contributed by atoms with E-state index in [-0.39, 0.29) is 11.7 Å². The number of carbonyl (C=O) groups is 1. The Bertz CT molecular complexity index is 656. The molecular formula is C12H12ClN5O. The minimum atomic E-state index is 0.283. The van der Waals surface area contributed by atoms with Crippen LogP contribution in [-0.2, 0) is 4.79 Å². The smallest absolute Gasteiger partial charge is 0.212 e. The third-order valence-electron chi connectivity index (χ3n) is 2.50. The highest BCUT2D eigenvalue weighted by Crippen LogP contribution is 2.27. The van der Waals surface area contributed by atoms with Gasteiger partial charge < -0.3 is 16.5 Å². The van der Waals surface area contributed by atoms with Crippen LogP contribution < -0.4 is 16.5 Å². The first-order valence-electron chi connectivity index (χ1n) is 5.47. The van der Waals surface area contributed by atoms with Crippen molar-refractivity contribution in [2.24, 2.45) is 5.10 Å². The van der Waals surface area contributed by atoms with Crippen LogP contribution in [0.3, 0.4) is 0 Å². The number of nitrogens with two attached hydrogens (primary N) is 1. The van der Waals surface area contributed by atoms with Gasteiger partial charge >= 0.3 is 0 Å². The first-order chi connectivity index (χ1) is 9.17.